The Hall–Kier alpha value is -0.860. The van der Waals surface area contributed by atoms with Gasteiger partial charge in [-0.3, -0.25) is 4.79 Å². The molecule has 2 fully saturated rings. The summed E-state index contributed by atoms with van der Waals surface area (Å²) in [5.41, 5.74) is 0. The van der Waals surface area contributed by atoms with Crippen LogP contribution in [0.3, 0.4) is 0 Å². The van der Waals surface area contributed by atoms with Crippen molar-refractivity contribution >= 4 is 5.91 Å². The third-order valence-corrected chi connectivity index (χ3v) is 3.44. The third kappa shape index (κ3) is 4.60. The lowest BCUT2D eigenvalue weighted by molar-refractivity contribution is -0.192. The first-order chi connectivity index (χ1) is 9.39. The quantitative estimate of drug-likeness (QED) is 0.851. The maximum Gasteiger partial charge on any atom is 0.405 e. The van der Waals surface area contributed by atoms with Crippen LogP contribution in [0.15, 0.2) is 0 Å². The maximum absolute atomic E-state index is 11.9. The number of hydrogen-bond donors (Lipinski definition) is 1. The number of carbonyl (C=O) groups is 1. The molecule has 20 heavy (non-hydrogen) atoms. The average Bonchev–Trinajstić information content (AvgIpc) is 2.83. The van der Waals surface area contributed by atoms with Crippen LogP contribution in [0.4, 0.5) is 13.2 Å². The first-order valence-electron chi connectivity index (χ1n) is 6.62. The van der Waals surface area contributed by atoms with Gasteiger partial charge in [0.2, 0.25) is 5.91 Å². The highest BCUT2D eigenvalue weighted by Gasteiger charge is 2.40. The van der Waals surface area contributed by atoms with Gasteiger partial charge in [0.1, 0.15) is 13.2 Å². The molecule has 1 heterocycles. The Kier molecular flexibility index (Phi) is 4.87. The summed E-state index contributed by atoms with van der Waals surface area (Å²) in [5.74, 6) is -1.26. The van der Waals surface area contributed by atoms with E-state index in [0.29, 0.717) is 38.9 Å². The Morgan fingerprint density at radius 2 is 1.85 bits per heavy atom. The number of nitrogens with one attached hydrogen (secondary N) is 1. The summed E-state index contributed by atoms with van der Waals surface area (Å²) in [6.45, 7) is -0.503. The van der Waals surface area contributed by atoms with Crippen LogP contribution in [0.2, 0.25) is 0 Å². The molecule has 116 valence electrons. The Bertz CT molecular complexity index is 332. The van der Waals surface area contributed by atoms with E-state index in [4.69, 9.17) is 14.2 Å². The number of alkyl halides is 3. The molecule has 0 aromatic heterocycles. The van der Waals surface area contributed by atoms with Crippen molar-refractivity contribution in [2.75, 3.05) is 26.4 Å². The lowest BCUT2D eigenvalue weighted by Crippen LogP contribution is -2.40. The maximum atomic E-state index is 11.9. The molecule has 1 amide bonds. The predicted octanol–water partition coefficient (Wildman–Crippen LogP) is 1.37. The second kappa shape index (κ2) is 6.28. The van der Waals surface area contributed by atoms with Crippen LogP contribution < -0.4 is 5.32 Å². The van der Waals surface area contributed by atoms with Gasteiger partial charge in [0, 0.05) is 12.8 Å². The summed E-state index contributed by atoms with van der Waals surface area (Å²) >= 11 is 0. The van der Waals surface area contributed by atoms with Gasteiger partial charge in [0.25, 0.3) is 0 Å². The van der Waals surface area contributed by atoms with Crippen molar-refractivity contribution in [2.45, 2.75) is 43.8 Å². The largest absolute Gasteiger partial charge is 0.405 e. The fourth-order valence-electron chi connectivity index (χ4n) is 2.43. The van der Waals surface area contributed by atoms with E-state index in [9.17, 15) is 18.0 Å². The van der Waals surface area contributed by atoms with Gasteiger partial charge in [0.05, 0.1) is 19.3 Å². The van der Waals surface area contributed by atoms with E-state index in [1.807, 2.05) is 0 Å². The number of rotatable bonds is 4. The van der Waals surface area contributed by atoms with E-state index >= 15 is 0 Å². The summed E-state index contributed by atoms with van der Waals surface area (Å²) in [6, 6.07) is 0. The molecule has 1 spiro atoms. The molecular formula is C12H18F3NO4. The fourth-order valence-corrected chi connectivity index (χ4v) is 2.43. The molecule has 5 nitrogen and oxygen atoms in total. The van der Waals surface area contributed by atoms with Crippen LogP contribution in [0.1, 0.15) is 25.7 Å². The zero-order valence-electron chi connectivity index (χ0n) is 11.0. The molecule has 1 N–H and O–H groups in total. The van der Waals surface area contributed by atoms with Gasteiger partial charge in [-0.25, -0.2) is 0 Å². The summed E-state index contributed by atoms with van der Waals surface area (Å²) < 4.78 is 52.1. The standard InChI is InChI=1S/C12H18F3NO4/c13-12(14,15)8-16-10(17)7-18-9-1-3-11(4-2-9)19-5-6-20-11/h9H,1-8H2,(H,16,17). The van der Waals surface area contributed by atoms with Gasteiger partial charge >= 0.3 is 6.18 Å². The summed E-state index contributed by atoms with van der Waals surface area (Å²) in [4.78, 5) is 11.2. The zero-order valence-corrected chi connectivity index (χ0v) is 11.0. The van der Waals surface area contributed by atoms with Crippen LogP contribution in [-0.2, 0) is 19.0 Å². The summed E-state index contributed by atoms with van der Waals surface area (Å²) in [5, 5.41) is 1.77. The number of amides is 1. The topological polar surface area (TPSA) is 56.8 Å². The highest BCUT2D eigenvalue weighted by Crippen LogP contribution is 2.36. The van der Waals surface area contributed by atoms with Gasteiger partial charge < -0.3 is 19.5 Å². The van der Waals surface area contributed by atoms with Crippen LogP contribution in [0.25, 0.3) is 0 Å². The minimum absolute atomic E-state index is 0.134. The molecule has 0 bridgehead atoms. The van der Waals surface area contributed by atoms with E-state index in [2.05, 4.69) is 0 Å². The fraction of sp³-hybridized carbons (Fsp3) is 0.917. The zero-order chi connectivity index (χ0) is 14.6. The molecule has 1 saturated heterocycles. The molecule has 1 aliphatic heterocycles. The number of halogens is 3. The lowest BCUT2D eigenvalue weighted by Gasteiger charge is -2.35. The smallest absolute Gasteiger partial charge is 0.368 e. The van der Waals surface area contributed by atoms with Gasteiger partial charge in [-0.1, -0.05) is 0 Å². The van der Waals surface area contributed by atoms with E-state index in [0.717, 1.165) is 0 Å². The molecule has 1 aliphatic carbocycles. The molecule has 2 rings (SSSR count). The normalized spacial score (nSPS) is 23.1. The molecule has 0 aromatic carbocycles. The van der Waals surface area contributed by atoms with E-state index < -0.39 is 24.4 Å². The second-order valence-electron chi connectivity index (χ2n) is 5.01. The minimum Gasteiger partial charge on any atom is -0.368 e. The molecule has 0 unspecified atom stereocenters. The second-order valence-corrected chi connectivity index (χ2v) is 5.01. The molecule has 1 saturated carbocycles. The van der Waals surface area contributed by atoms with Crippen LogP contribution in [0, 0.1) is 0 Å². The molecule has 0 atom stereocenters. The Labute approximate surface area is 114 Å². The Balaban J connectivity index is 1.62. The molecule has 8 heteroatoms. The van der Waals surface area contributed by atoms with Gasteiger partial charge in [-0.2, -0.15) is 13.2 Å². The van der Waals surface area contributed by atoms with Crippen molar-refractivity contribution in [1.29, 1.82) is 0 Å². The Morgan fingerprint density at radius 1 is 1.25 bits per heavy atom. The highest BCUT2D eigenvalue weighted by atomic mass is 19.4. The van der Waals surface area contributed by atoms with Crippen molar-refractivity contribution in [3.63, 3.8) is 0 Å². The molecule has 0 aromatic rings. The van der Waals surface area contributed by atoms with Crippen molar-refractivity contribution in [3.8, 4) is 0 Å². The van der Waals surface area contributed by atoms with Crippen molar-refractivity contribution < 1.29 is 32.2 Å². The van der Waals surface area contributed by atoms with E-state index in [1.54, 1.807) is 5.32 Å². The van der Waals surface area contributed by atoms with Gasteiger partial charge in [-0.05, 0) is 12.8 Å². The predicted molar refractivity (Wildman–Crippen MR) is 61.9 cm³/mol. The van der Waals surface area contributed by atoms with E-state index in [1.165, 1.54) is 0 Å². The molecule has 2 aliphatic rings. The van der Waals surface area contributed by atoms with Crippen LogP contribution in [0.5, 0.6) is 0 Å². The average molecular weight is 297 g/mol. The first kappa shape index (κ1) is 15.5. The summed E-state index contributed by atoms with van der Waals surface area (Å²) in [7, 11) is 0. The van der Waals surface area contributed by atoms with Crippen molar-refractivity contribution in [3.05, 3.63) is 0 Å². The lowest BCUT2D eigenvalue weighted by atomic mass is 9.92. The van der Waals surface area contributed by atoms with Crippen molar-refractivity contribution in [1.82, 2.24) is 5.32 Å². The van der Waals surface area contributed by atoms with Crippen molar-refractivity contribution in [2.24, 2.45) is 0 Å². The third-order valence-electron chi connectivity index (χ3n) is 3.44. The number of hydrogen-bond acceptors (Lipinski definition) is 4. The monoisotopic (exact) mass is 297 g/mol. The molecule has 0 radical (unpaired) electrons. The summed E-state index contributed by atoms with van der Waals surface area (Å²) in [6.07, 6.45) is -1.82. The first-order valence-corrected chi connectivity index (χ1v) is 6.62. The van der Waals surface area contributed by atoms with Gasteiger partial charge in [0.15, 0.2) is 5.79 Å². The number of carbonyl (C=O) groups excluding carboxylic acids is 1. The minimum atomic E-state index is -4.40. The SMILES string of the molecule is O=C(COC1CCC2(CC1)OCCO2)NCC(F)(F)F. The number of ether oxygens (including phenoxy) is 3. The highest BCUT2D eigenvalue weighted by molar-refractivity contribution is 5.77. The van der Waals surface area contributed by atoms with E-state index in [-0.39, 0.29) is 12.7 Å². The van der Waals surface area contributed by atoms with Gasteiger partial charge in [-0.15, -0.1) is 0 Å². The molecular weight excluding hydrogens is 279 g/mol. The van der Waals surface area contributed by atoms with Crippen LogP contribution in [-0.4, -0.2) is 50.3 Å². The Morgan fingerprint density at radius 3 is 2.40 bits per heavy atom. The van der Waals surface area contributed by atoms with Crippen LogP contribution >= 0.6 is 0 Å².